The molecular weight excluding hydrogens is 512 g/mol. The first-order chi connectivity index (χ1) is 16.8. The molecule has 2 aromatic rings. The van der Waals surface area contributed by atoms with Crippen molar-refractivity contribution in [1.82, 2.24) is 4.90 Å². The number of ether oxygens (including phenoxy) is 1. The highest BCUT2D eigenvalue weighted by atomic mass is 79.9. The minimum atomic E-state index is -1.31. The van der Waals surface area contributed by atoms with Crippen molar-refractivity contribution in [3.63, 3.8) is 0 Å². The normalized spacial score (nSPS) is 32.7. The summed E-state index contributed by atoms with van der Waals surface area (Å²) in [6, 6.07) is 10.6. The Morgan fingerprint density at radius 2 is 1.94 bits per heavy atom. The summed E-state index contributed by atoms with van der Waals surface area (Å²) in [7, 11) is 0. The molecule has 0 radical (unpaired) electrons. The predicted molar refractivity (Wildman–Crippen MR) is 133 cm³/mol. The Labute approximate surface area is 211 Å². The number of halogens is 1. The molecule has 1 saturated carbocycles. The standard InChI is InChI=1S/C27H27BrN2O5/c28-16-4-6-17(7-5-16)29-25(33)18-12-27(34)20-11-15-3-8-19(31)23-21(15)26(27,24(35-23)22(18)32)9-10-30(20)13-14-1-2-14/h3-8,14,20,24,31-32,34H,1-2,9-13H2,(H,29,33)/t20-,24+,26+,27-/m1/s1. The smallest absolute Gasteiger partial charge is 0.255 e. The van der Waals surface area contributed by atoms with Gasteiger partial charge in [-0.2, -0.15) is 0 Å². The maximum Gasteiger partial charge on any atom is 0.255 e. The fourth-order valence-electron chi connectivity index (χ4n) is 7.11. The summed E-state index contributed by atoms with van der Waals surface area (Å²) in [5.41, 5.74) is 0.392. The molecule has 182 valence electrons. The summed E-state index contributed by atoms with van der Waals surface area (Å²) < 4.78 is 7.13. The molecular formula is C27H27BrN2O5. The Morgan fingerprint density at radius 1 is 1.17 bits per heavy atom. The SMILES string of the molecule is O=C(Nc1ccc(Br)cc1)C1=C(O)[C@@H]2Oc3c(O)ccc4c3[C@@]23CCN(CC2CC2)[C@H](C4)[C@]3(O)C1. The first-order valence-corrected chi connectivity index (χ1v) is 13.1. The first kappa shape index (κ1) is 21.7. The summed E-state index contributed by atoms with van der Waals surface area (Å²) >= 11 is 3.40. The van der Waals surface area contributed by atoms with Gasteiger partial charge in [0.25, 0.3) is 5.91 Å². The van der Waals surface area contributed by atoms with E-state index in [0.717, 1.165) is 28.7 Å². The van der Waals surface area contributed by atoms with Crippen molar-refractivity contribution in [2.75, 3.05) is 18.4 Å². The summed E-state index contributed by atoms with van der Waals surface area (Å²) in [5.74, 6) is 0.396. The molecule has 1 saturated heterocycles. The maximum absolute atomic E-state index is 13.4. The van der Waals surface area contributed by atoms with Crippen LogP contribution in [0.1, 0.15) is 36.8 Å². The molecule has 7 nitrogen and oxygen atoms in total. The van der Waals surface area contributed by atoms with Gasteiger partial charge in [-0.25, -0.2) is 0 Å². The second-order valence-corrected chi connectivity index (χ2v) is 11.7. The van der Waals surface area contributed by atoms with Crippen molar-refractivity contribution in [2.45, 2.75) is 55.3 Å². The average Bonchev–Trinajstić information content (AvgIpc) is 3.57. The molecule has 2 fully saturated rings. The predicted octanol–water partition coefficient (Wildman–Crippen LogP) is 3.78. The molecule has 4 N–H and O–H groups in total. The van der Waals surface area contributed by atoms with Gasteiger partial charge in [0.15, 0.2) is 17.6 Å². The largest absolute Gasteiger partial charge is 0.508 e. The van der Waals surface area contributed by atoms with Crippen LogP contribution in [0, 0.1) is 5.92 Å². The van der Waals surface area contributed by atoms with Crippen LogP contribution in [0.2, 0.25) is 0 Å². The van der Waals surface area contributed by atoms with Crippen LogP contribution in [-0.2, 0) is 16.6 Å². The molecule has 3 aliphatic carbocycles. The molecule has 7 rings (SSSR count). The highest BCUT2D eigenvalue weighted by Crippen LogP contribution is 2.66. The van der Waals surface area contributed by atoms with Crippen LogP contribution >= 0.6 is 15.9 Å². The van der Waals surface area contributed by atoms with Crippen LogP contribution in [0.4, 0.5) is 5.69 Å². The molecule has 0 unspecified atom stereocenters. The Bertz CT molecular complexity index is 1290. The maximum atomic E-state index is 13.4. The van der Waals surface area contributed by atoms with Gasteiger partial charge in [0.05, 0.1) is 16.6 Å². The van der Waals surface area contributed by atoms with Crippen molar-refractivity contribution < 1.29 is 24.9 Å². The molecule has 4 atom stereocenters. The van der Waals surface area contributed by atoms with Crippen molar-refractivity contribution in [2.24, 2.45) is 5.92 Å². The highest BCUT2D eigenvalue weighted by Gasteiger charge is 2.73. The third-order valence-corrected chi connectivity index (χ3v) is 9.42. The van der Waals surface area contributed by atoms with E-state index in [2.05, 4.69) is 26.1 Å². The van der Waals surface area contributed by atoms with E-state index in [0.29, 0.717) is 30.2 Å². The lowest BCUT2D eigenvalue weighted by molar-refractivity contribution is -0.172. The number of piperidine rings is 1. The van der Waals surface area contributed by atoms with E-state index < -0.39 is 23.0 Å². The molecule has 2 aromatic carbocycles. The van der Waals surface area contributed by atoms with E-state index in [4.69, 9.17) is 4.74 Å². The lowest BCUT2D eigenvalue weighted by Crippen LogP contribution is -2.75. The first-order valence-electron chi connectivity index (χ1n) is 12.3. The lowest BCUT2D eigenvalue weighted by Gasteiger charge is -2.62. The van der Waals surface area contributed by atoms with Gasteiger partial charge in [-0.15, -0.1) is 0 Å². The van der Waals surface area contributed by atoms with Crippen LogP contribution in [0.25, 0.3) is 0 Å². The molecule has 1 amide bonds. The number of benzene rings is 2. The number of likely N-dealkylation sites (tertiary alicyclic amines) is 1. The third kappa shape index (κ3) is 2.87. The third-order valence-electron chi connectivity index (χ3n) is 8.89. The van der Waals surface area contributed by atoms with Crippen molar-refractivity contribution in [3.8, 4) is 11.5 Å². The molecule has 8 heteroatoms. The monoisotopic (exact) mass is 538 g/mol. The Hall–Kier alpha value is -2.55. The quantitative estimate of drug-likeness (QED) is 0.472. The topological polar surface area (TPSA) is 102 Å². The number of carbonyl (C=O) groups excluding carboxylic acids is 1. The molecule has 2 bridgehead atoms. The van der Waals surface area contributed by atoms with E-state index in [-0.39, 0.29) is 29.5 Å². The summed E-state index contributed by atoms with van der Waals surface area (Å²) in [6.45, 7) is 1.72. The second-order valence-electron chi connectivity index (χ2n) is 10.8. The van der Waals surface area contributed by atoms with Gasteiger partial charge in [-0.3, -0.25) is 9.69 Å². The molecule has 2 heterocycles. The molecule has 0 aromatic heterocycles. The summed E-state index contributed by atoms with van der Waals surface area (Å²) in [6.07, 6.45) is 2.75. The zero-order valence-corrected chi connectivity index (χ0v) is 20.7. The average molecular weight is 539 g/mol. The lowest BCUT2D eigenvalue weighted by atomic mass is 9.49. The zero-order valence-electron chi connectivity index (χ0n) is 19.1. The number of amides is 1. The van der Waals surface area contributed by atoms with Crippen molar-refractivity contribution in [3.05, 3.63) is 63.3 Å². The van der Waals surface area contributed by atoms with Crippen LogP contribution in [0.5, 0.6) is 11.5 Å². The Kier molecular flexibility index (Phi) is 4.49. The Balaban J connectivity index is 1.35. The van der Waals surface area contributed by atoms with Gasteiger partial charge in [0.1, 0.15) is 5.76 Å². The highest BCUT2D eigenvalue weighted by molar-refractivity contribution is 9.10. The molecule has 5 aliphatic rings. The van der Waals surface area contributed by atoms with Crippen LogP contribution in [-0.4, -0.2) is 57.0 Å². The van der Waals surface area contributed by atoms with E-state index in [1.165, 1.54) is 12.8 Å². The molecule has 2 aliphatic heterocycles. The number of rotatable bonds is 4. The summed E-state index contributed by atoms with van der Waals surface area (Å²) in [5, 5.41) is 37.6. The zero-order chi connectivity index (χ0) is 24.1. The van der Waals surface area contributed by atoms with Gasteiger partial charge < -0.3 is 25.4 Å². The number of nitrogens with one attached hydrogen (secondary N) is 1. The number of anilines is 1. The van der Waals surface area contributed by atoms with E-state index in [1.807, 2.05) is 18.2 Å². The number of aliphatic hydroxyl groups excluding tert-OH is 1. The van der Waals surface area contributed by atoms with Gasteiger partial charge in [0.2, 0.25) is 0 Å². The van der Waals surface area contributed by atoms with E-state index in [1.54, 1.807) is 18.2 Å². The van der Waals surface area contributed by atoms with Crippen LogP contribution in [0.3, 0.4) is 0 Å². The molecule has 1 spiro atoms. The number of aliphatic hydroxyl groups is 2. The fraction of sp³-hybridized carbons (Fsp3) is 0.444. The minimum Gasteiger partial charge on any atom is -0.508 e. The van der Waals surface area contributed by atoms with Gasteiger partial charge >= 0.3 is 0 Å². The number of phenols is 1. The van der Waals surface area contributed by atoms with Gasteiger partial charge in [-0.1, -0.05) is 22.0 Å². The number of hydrogen-bond acceptors (Lipinski definition) is 6. The number of hydrogen-bond donors (Lipinski definition) is 4. The molecule has 35 heavy (non-hydrogen) atoms. The number of nitrogens with zero attached hydrogens (tertiary/aromatic N) is 1. The number of aromatic hydroxyl groups is 1. The van der Waals surface area contributed by atoms with Crippen molar-refractivity contribution in [1.29, 1.82) is 0 Å². The Morgan fingerprint density at radius 3 is 2.69 bits per heavy atom. The van der Waals surface area contributed by atoms with E-state index >= 15 is 0 Å². The fourth-order valence-corrected chi connectivity index (χ4v) is 7.37. The number of carbonyl (C=O) groups is 1. The second kappa shape index (κ2) is 7.24. The van der Waals surface area contributed by atoms with Gasteiger partial charge in [0, 0.05) is 34.7 Å². The number of phenolic OH excluding ortho intramolecular Hbond substituents is 1. The van der Waals surface area contributed by atoms with Crippen LogP contribution in [0.15, 0.2) is 52.2 Å². The summed E-state index contributed by atoms with van der Waals surface area (Å²) in [4.78, 5) is 15.8. The van der Waals surface area contributed by atoms with Crippen molar-refractivity contribution >= 4 is 27.5 Å². The van der Waals surface area contributed by atoms with Gasteiger partial charge in [-0.05, 0) is 74.0 Å². The minimum absolute atomic E-state index is 0.00222. The van der Waals surface area contributed by atoms with Crippen LogP contribution < -0.4 is 10.1 Å². The van der Waals surface area contributed by atoms with E-state index in [9.17, 15) is 20.1 Å².